The maximum Gasteiger partial charge on any atom is 0.0922 e. The molecule has 2 aromatic rings. The van der Waals surface area contributed by atoms with Crippen LogP contribution in [0.4, 0.5) is 0 Å². The van der Waals surface area contributed by atoms with E-state index in [1.54, 1.807) is 6.33 Å². The summed E-state index contributed by atoms with van der Waals surface area (Å²) in [5.74, 6) is 0. The molecule has 2 N–H and O–H groups in total. The van der Waals surface area contributed by atoms with Gasteiger partial charge < -0.3 is 10.3 Å². The normalized spacial score (nSPS) is 12.6. The predicted octanol–water partition coefficient (Wildman–Crippen LogP) is 2.57. The van der Waals surface area contributed by atoms with Crippen LogP contribution < -0.4 is 5.32 Å². The molecule has 0 bridgehead atoms. The Balaban J connectivity index is 1.93. The molecule has 84 valence electrons. The second kappa shape index (κ2) is 4.94. The van der Waals surface area contributed by atoms with Crippen LogP contribution in [-0.2, 0) is 6.54 Å². The third-order valence-corrected chi connectivity index (χ3v) is 2.73. The zero-order chi connectivity index (χ0) is 11.4. The molecular formula is C13H17N3. The van der Waals surface area contributed by atoms with Crippen LogP contribution in [-0.4, -0.2) is 9.97 Å². The number of nitrogens with one attached hydrogen (secondary N) is 2. The summed E-state index contributed by atoms with van der Waals surface area (Å²) in [6.07, 6.45) is 3.54. The third kappa shape index (κ3) is 2.70. The van der Waals surface area contributed by atoms with E-state index in [-0.39, 0.29) is 0 Å². The highest BCUT2D eigenvalue weighted by atomic mass is 14.9. The fourth-order valence-corrected chi connectivity index (χ4v) is 1.62. The molecule has 1 atom stereocenters. The van der Waals surface area contributed by atoms with Crippen molar-refractivity contribution in [2.75, 3.05) is 0 Å². The van der Waals surface area contributed by atoms with E-state index in [9.17, 15) is 0 Å². The van der Waals surface area contributed by atoms with Crippen LogP contribution in [0, 0.1) is 6.92 Å². The first-order valence-corrected chi connectivity index (χ1v) is 5.53. The van der Waals surface area contributed by atoms with Crippen LogP contribution in [0.25, 0.3) is 0 Å². The van der Waals surface area contributed by atoms with Gasteiger partial charge in [-0.1, -0.05) is 29.8 Å². The van der Waals surface area contributed by atoms with Gasteiger partial charge in [0.1, 0.15) is 0 Å². The number of aromatic nitrogens is 2. The number of aromatic amines is 1. The predicted molar refractivity (Wildman–Crippen MR) is 65.0 cm³/mol. The standard InChI is InChI=1S/C13H17N3/c1-10-3-5-12(6-4-10)11(2)15-8-13-7-14-9-16-13/h3-7,9,11,15H,8H2,1-2H3,(H,14,16)/t11-/m1/s1. The number of H-pyrrole nitrogens is 1. The Bertz CT molecular complexity index is 417. The summed E-state index contributed by atoms with van der Waals surface area (Å²) in [7, 11) is 0. The molecule has 16 heavy (non-hydrogen) atoms. The molecule has 0 aliphatic rings. The molecule has 0 spiro atoms. The van der Waals surface area contributed by atoms with E-state index in [4.69, 9.17) is 0 Å². The summed E-state index contributed by atoms with van der Waals surface area (Å²) >= 11 is 0. The molecule has 0 fully saturated rings. The van der Waals surface area contributed by atoms with Crippen molar-refractivity contribution < 1.29 is 0 Å². The molecule has 0 radical (unpaired) electrons. The first-order valence-electron chi connectivity index (χ1n) is 5.53. The SMILES string of the molecule is Cc1ccc([C@@H](C)NCc2cnc[nH]2)cc1. The summed E-state index contributed by atoms with van der Waals surface area (Å²) < 4.78 is 0. The average Bonchev–Trinajstić information content (AvgIpc) is 2.80. The molecule has 0 saturated carbocycles. The van der Waals surface area contributed by atoms with Crippen molar-refractivity contribution in [1.82, 2.24) is 15.3 Å². The van der Waals surface area contributed by atoms with Crippen molar-refractivity contribution in [3.63, 3.8) is 0 Å². The van der Waals surface area contributed by atoms with Crippen LogP contribution in [0.5, 0.6) is 0 Å². The number of rotatable bonds is 4. The van der Waals surface area contributed by atoms with Crippen LogP contribution in [0.3, 0.4) is 0 Å². The topological polar surface area (TPSA) is 40.7 Å². The number of nitrogens with zero attached hydrogens (tertiary/aromatic N) is 1. The lowest BCUT2D eigenvalue weighted by atomic mass is 10.1. The van der Waals surface area contributed by atoms with Crippen LogP contribution in [0.1, 0.15) is 29.8 Å². The van der Waals surface area contributed by atoms with E-state index < -0.39 is 0 Å². The van der Waals surface area contributed by atoms with Gasteiger partial charge in [-0.3, -0.25) is 0 Å². The van der Waals surface area contributed by atoms with Gasteiger partial charge in [-0.15, -0.1) is 0 Å². The van der Waals surface area contributed by atoms with Crippen molar-refractivity contribution in [3.05, 3.63) is 53.6 Å². The van der Waals surface area contributed by atoms with Gasteiger partial charge in [-0.25, -0.2) is 4.98 Å². The van der Waals surface area contributed by atoms with Gasteiger partial charge in [0, 0.05) is 24.5 Å². The molecule has 0 saturated heterocycles. The monoisotopic (exact) mass is 215 g/mol. The number of aryl methyl sites for hydroxylation is 1. The summed E-state index contributed by atoms with van der Waals surface area (Å²) in [6.45, 7) is 5.09. The minimum absolute atomic E-state index is 0.351. The lowest BCUT2D eigenvalue weighted by Gasteiger charge is -2.13. The van der Waals surface area contributed by atoms with E-state index >= 15 is 0 Å². The molecule has 1 aromatic carbocycles. The molecule has 2 rings (SSSR count). The maximum absolute atomic E-state index is 3.99. The quantitative estimate of drug-likeness (QED) is 0.823. The molecule has 3 heteroatoms. The molecule has 0 aliphatic carbocycles. The van der Waals surface area contributed by atoms with Crippen molar-refractivity contribution in [2.45, 2.75) is 26.4 Å². The Morgan fingerprint density at radius 2 is 2.06 bits per heavy atom. The van der Waals surface area contributed by atoms with Crippen LogP contribution >= 0.6 is 0 Å². The van der Waals surface area contributed by atoms with E-state index in [0.29, 0.717) is 6.04 Å². The first-order chi connectivity index (χ1) is 7.75. The van der Waals surface area contributed by atoms with Crippen LogP contribution in [0.15, 0.2) is 36.8 Å². The fourth-order valence-electron chi connectivity index (χ4n) is 1.62. The lowest BCUT2D eigenvalue weighted by molar-refractivity contribution is 0.569. The van der Waals surface area contributed by atoms with Crippen molar-refractivity contribution in [3.8, 4) is 0 Å². The number of hydrogen-bond donors (Lipinski definition) is 2. The highest BCUT2D eigenvalue weighted by molar-refractivity contribution is 5.23. The second-order valence-electron chi connectivity index (χ2n) is 4.09. The summed E-state index contributed by atoms with van der Waals surface area (Å²) in [5, 5.41) is 3.45. The van der Waals surface area contributed by atoms with E-state index in [0.717, 1.165) is 12.2 Å². The number of hydrogen-bond acceptors (Lipinski definition) is 2. The smallest absolute Gasteiger partial charge is 0.0922 e. The van der Waals surface area contributed by atoms with Gasteiger partial charge >= 0.3 is 0 Å². The molecule has 0 unspecified atom stereocenters. The van der Waals surface area contributed by atoms with E-state index in [2.05, 4.69) is 53.4 Å². The minimum Gasteiger partial charge on any atom is -0.347 e. The van der Waals surface area contributed by atoms with E-state index in [1.807, 2.05) is 6.20 Å². The van der Waals surface area contributed by atoms with Gasteiger partial charge in [0.05, 0.1) is 6.33 Å². The number of benzene rings is 1. The zero-order valence-electron chi connectivity index (χ0n) is 9.70. The molecule has 3 nitrogen and oxygen atoms in total. The highest BCUT2D eigenvalue weighted by Crippen LogP contribution is 2.13. The maximum atomic E-state index is 3.99. The third-order valence-electron chi connectivity index (χ3n) is 2.73. The Morgan fingerprint density at radius 1 is 1.31 bits per heavy atom. The average molecular weight is 215 g/mol. The van der Waals surface area contributed by atoms with Gasteiger partial charge in [0.15, 0.2) is 0 Å². The van der Waals surface area contributed by atoms with Crippen molar-refractivity contribution in [2.24, 2.45) is 0 Å². The Labute approximate surface area is 95.9 Å². The van der Waals surface area contributed by atoms with Gasteiger partial charge in [0.25, 0.3) is 0 Å². The summed E-state index contributed by atoms with van der Waals surface area (Å²) in [6, 6.07) is 8.97. The van der Waals surface area contributed by atoms with Crippen LogP contribution in [0.2, 0.25) is 0 Å². The fraction of sp³-hybridized carbons (Fsp3) is 0.308. The largest absolute Gasteiger partial charge is 0.347 e. The van der Waals surface area contributed by atoms with E-state index in [1.165, 1.54) is 11.1 Å². The molecule has 1 heterocycles. The van der Waals surface area contributed by atoms with Gasteiger partial charge in [-0.2, -0.15) is 0 Å². The summed E-state index contributed by atoms with van der Waals surface area (Å²) in [5.41, 5.74) is 3.72. The molecule has 0 aliphatic heterocycles. The Morgan fingerprint density at radius 3 is 2.69 bits per heavy atom. The summed E-state index contributed by atoms with van der Waals surface area (Å²) in [4.78, 5) is 7.07. The minimum atomic E-state index is 0.351. The second-order valence-corrected chi connectivity index (χ2v) is 4.09. The van der Waals surface area contributed by atoms with Crippen molar-refractivity contribution >= 4 is 0 Å². The van der Waals surface area contributed by atoms with Gasteiger partial charge in [-0.05, 0) is 19.4 Å². The Kier molecular flexibility index (Phi) is 3.37. The lowest BCUT2D eigenvalue weighted by Crippen LogP contribution is -2.18. The van der Waals surface area contributed by atoms with Crippen molar-refractivity contribution in [1.29, 1.82) is 0 Å². The zero-order valence-corrected chi connectivity index (χ0v) is 9.70. The number of imidazole rings is 1. The first kappa shape index (κ1) is 10.9. The Hall–Kier alpha value is -1.61. The highest BCUT2D eigenvalue weighted by Gasteiger charge is 2.04. The molecular weight excluding hydrogens is 198 g/mol. The molecule has 0 amide bonds. The van der Waals surface area contributed by atoms with Gasteiger partial charge in [0.2, 0.25) is 0 Å². The molecule has 1 aromatic heterocycles.